The quantitative estimate of drug-likeness (QED) is 0.382. The third-order valence-corrected chi connectivity index (χ3v) is 6.07. The van der Waals surface area contributed by atoms with E-state index in [9.17, 15) is 19.2 Å². The number of carbonyl (C=O) groups is 4. The van der Waals surface area contributed by atoms with Crippen molar-refractivity contribution >= 4 is 35.6 Å². The Bertz CT molecular complexity index is 1020. The van der Waals surface area contributed by atoms with E-state index in [-0.39, 0.29) is 12.5 Å². The molecular formula is C24H27N3O6S. The number of carbonyl (C=O) groups excluding carboxylic acids is 3. The predicted molar refractivity (Wildman–Crippen MR) is 129 cm³/mol. The number of rotatable bonds is 11. The van der Waals surface area contributed by atoms with Gasteiger partial charge in [0.05, 0.1) is 6.54 Å². The van der Waals surface area contributed by atoms with Crippen LogP contribution >= 0.6 is 11.8 Å². The van der Waals surface area contributed by atoms with Gasteiger partial charge in [-0.2, -0.15) is 11.8 Å². The van der Waals surface area contributed by atoms with E-state index in [1.54, 1.807) is 0 Å². The Labute approximate surface area is 201 Å². The molecule has 0 aliphatic heterocycles. The molecule has 1 aliphatic carbocycles. The highest BCUT2D eigenvalue weighted by atomic mass is 32.2. The molecule has 3 rings (SSSR count). The molecule has 0 radical (unpaired) electrons. The van der Waals surface area contributed by atoms with Crippen LogP contribution in [0.5, 0.6) is 0 Å². The van der Waals surface area contributed by atoms with Gasteiger partial charge in [0.25, 0.3) is 0 Å². The molecule has 9 nitrogen and oxygen atoms in total. The van der Waals surface area contributed by atoms with Crippen molar-refractivity contribution in [2.24, 2.45) is 0 Å². The summed E-state index contributed by atoms with van der Waals surface area (Å²) >= 11 is 1.51. The number of alkyl carbamates (subject to hydrolysis) is 1. The summed E-state index contributed by atoms with van der Waals surface area (Å²) in [6.45, 7) is -0.814. The van der Waals surface area contributed by atoms with Crippen molar-refractivity contribution in [3.63, 3.8) is 0 Å². The predicted octanol–water partition coefficient (Wildman–Crippen LogP) is 1.96. The van der Waals surface area contributed by atoms with Crippen LogP contribution in [0.3, 0.4) is 0 Å². The Hall–Kier alpha value is -3.53. The van der Waals surface area contributed by atoms with E-state index in [2.05, 4.69) is 16.0 Å². The lowest BCUT2D eigenvalue weighted by molar-refractivity contribution is -0.137. The van der Waals surface area contributed by atoms with Gasteiger partial charge in [0.2, 0.25) is 11.8 Å². The SMILES string of the molecule is CSCC[C@@H](NC(=O)OCC1c2ccccc2-c2ccccc21)C(=O)NCC(=O)NCC(=O)O. The summed E-state index contributed by atoms with van der Waals surface area (Å²) in [5.41, 5.74) is 4.40. The van der Waals surface area contributed by atoms with Gasteiger partial charge in [0, 0.05) is 5.92 Å². The molecule has 180 valence electrons. The maximum absolute atomic E-state index is 12.6. The number of benzene rings is 2. The smallest absolute Gasteiger partial charge is 0.407 e. The molecule has 4 N–H and O–H groups in total. The number of carboxylic acids is 1. The number of nitrogens with one attached hydrogen (secondary N) is 3. The third-order valence-electron chi connectivity index (χ3n) is 5.42. The Morgan fingerprint density at radius 3 is 2.18 bits per heavy atom. The lowest BCUT2D eigenvalue weighted by atomic mass is 9.98. The molecular weight excluding hydrogens is 458 g/mol. The number of amides is 3. The second-order valence-electron chi connectivity index (χ2n) is 7.69. The molecule has 0 heterocycles. The van der Waals surface area contributed by atoms with Gasteiger partial charge in [-0.05, 0) is 40.7 Å². The first-order valence-electron chi connectivity index (χ1n) is 10.8. The average Bonchev–Trinajstić information content (AvgIpc) is 3.16. The number of aliphatic carboxylic acids is 1. The van der Waals surface area contributed by atoms with Crippen molar-refractivity contribution in [2.75, 3.05) is 31.7 Å². The van der Waals surface area contributed by atoms with E-state index in [4.69, 9.17) is 9.84 Å². The van der Waals surface area contributed by atoms with Crippen LogP contribution in [0.1, 0.15) is 23.5 Å². The van der Waals surface area contributed by atoms with E-state index in [1.807, 2.05) is 54.8 Å². The van der Waals surface area contributed by atoms with Gasteiger partial charge < -0.3 is 25.8 Å². The topological polar surface area (TPSA) is 134 Å². The minimum Gasteiger partial charge on any atom is -0.480 e. The van der Waals surface area contributed by atoms with E-state index in [0.29, 0.717) is 12.2 Å². The fraction of sp³-hybridized carbons (Fsp3) is 0.333. The third kappa shape index (κ3) is 6.50. The van der Waals surface area contributed by atoms with Crippen LogP contribution in [0.2, 0.25) is 0 Å². The van der Waals surface area contributed by atoms with Gasteiger partial charge in [-0.1, -0.05) is 48.5 Å². The highest BCUT2D eigenvalue weighted by Gasteiger charge is 2.29. The van der Waals surface area contributed by atoms with Crippen LogP contribution < -0.4 is 16.0 Å². The van der Waals surface area contributed by atoms with Crippen LogP contribution in [-0.4, -0.2) is 66.7 Å². The summed E-state index contributed by atoms with van der Waals surface area (Å²) in [6.07, 6.45) is 1.49. The number of hydrogen-bond acceptors (Lipinski definition) is 6. The highest BCUT2D eigenvalue weighted by Crippen LogP contribution is 2.44. The number of fused-ring (bicyclic) bond motifs is 3. The molecule has 0 unspecified atom stereocenters. The number of carboxylic acid groups (broad SMARTS) is 1. The Morgan fingerprint density at radius 2 is 1.59 bits per heavy atom. The normalized spacial score (nSPS) is 12.7. The van der Waals surface area contributed by atoms with Crippen LogP contribution in [0.25, 0.3) is 11.1 Å². The van der Waals surface area contributed by atoms with Crippen LogP contribution in [0.15, 0.2) is 48.5 Å². The summed E-state index contributed by atoms with van der Waals surface area (Å²) in [5, 5.41) is 15.8. The zero-order valence-electron chi connectivity index (χ0n) is 18.7. The maximum Gasteiger partial charge on any atom is 0.407 e. The molecule has 0 saturated carbocycles. The summed E-state index contributed by atoms with van der Waals surface area (Å²) in [4.78, 5) is 47.3. The summed E-state index contributed by atoms with van der Waals surface area (Å²) < 4.78 is 5.51. The van der Waals surface area contributed by atoms with Crippen LogP contribution in [-0.2, 0) is 19.1 Å². The van der Waals surface area contributed by atoms with E-state index >= 15 is 0 Å². The minimum absolute atomic E-state index is 0.102. The van der Waals surface area contributed by atoms with Crippen molar-refractivity contribution in [3.05, 3.63) is 59.7 Å². The van der Waals surface area contributed by atoms with Crippen molar-refractivity contribution in [1.82, 2.24) is 16.0 Å². The van der Waals surface area contributed by atoms with Gasteiger partial charge in [-0.15, -0.1) is 0 Å². The lowest BCUT2D eigenvalue weighted by Crippen LogP contribution is -2.49. The molecule has 0 bridgehead atoms. The van der Waals surface area contributed by atoms with E-state index in [1.165, 1.54) is 11.8 Å². The van der Waals surface area contributed by atoms with Crippen molar-refractivity contribution in [1.29, 1.82) is 0 Å². The molecule has 10 heteroatoms. The molecule has 2 aromatic carbocycles. The molecule has 34 heavy (non-hydrogen) atoms. The molecule has 3 amide bonds. The zero-order chi connectivity index (χ0) is 24.5. The number of ether oxygens (including phenoxy) is 1. The summed E-state index contributed by atoms with van der Waals surface area (Å²) in [7, 11) is 0. The second-order valence-corrected chi connectivity index (χ2v) is 8.68. The zero-order valence-corrected chi connectivity index (χ0v) is 19.5. The minimum atomic E-state index is -1.19. The Balaban J connectivity index is 1.57. The average molecular weight is 486 g/mol. The van der Waals surface area contributed by atoms with Crippen LogP contribution in [0, 0.1) is 0 Å². The number of hydrogen-bond donors (Lipinski definition) is 4. The van der Waals surface area contributed by atoms with E-state index in [0.717, 1.165) is 22.3 Å². The van der Waals surface area contributed by atoms with Gasteiger partial charge >= 0.3 is 12.1 Å². The fourth-order valence-corrected chi connectivity index (χ4v) is 4.29. The summed E-state index contributed by atoms with van der Waals surface area (Å²) in [5.74, 6) is -1.87. The first-order valence-corrected chi connectivity index (χ1v) is 12.2. The second kappa shape index (κ2) is 12.1. The molecule has 0 aromatic heterocycles. The first kappa shape index (κ1) is 25.1. The van der Waals surface area contributed by atoms with Crippen LogP contribution in [0.4, 0.5) is 4.79 Å². The Morgan fingerprint density at radius 1 is 0.971 bits per heavy atom. The van der Waals surface area contributed by atoms with Gasteiger partial charge in [-0.3, -0.25) is 14.4 Å². The molecule has 1 aliphatic rings. The lowest BCUT2D eigenvalue weighted by Gasteiger charge is -2.19. The molecule has 2 aromatic rings. The van der Waals surface area contributed by atoms with Gasteiger partial charge in [0.15, 0.2) is 0 Å². The maximum atomic E-state index is 12.6. The van der Waals surface area contributed by atoms with Gasteiger partial charge in [-0.25, -0.2) is 4.79 Å². The molecule has 0 saturated heterocycles. The largest absolute Gasteiger partial charge is 0.480 e. The summed E-state index contributed by atoms with van der Waals surface area (Å²) in [6, 6.07) is 15.1. The van der Waals surface area contributed by atoms with Crippen molar-refractivity contribution in [3.8, 4) is 11.1 Å². The van der Waals surface area contributed by atoms with Gasteiger partial charge in [0.1, 0.15) is 19.2 Å². The monoisotopic (exact) mass is 485 g/mol. The molecule has 0 spiro atoms. The van der Waals surface area contributed by atoms with E-state index < -0.39 is 43.0 Å². The highest BCUT2D eigenvalue weighted by molar-refractivity contribution is 7.98. The standard InChI is InChI=1S/C24H27N3O6S/c1-34-11-10-20(23(31)26-12-21(28)25-13-22(29)30)27-24(32)33-14-19-17-8-4-2-6-15(17)16-7-3-5-9-18(16)19/h2-9,19-20H,10-14H2,1H3,(H,25,28)(H,26,31)(H,27,32)(H,29,30)/t20-/m1/s1. The van der Waals surface area contributed by atoms with Crippen molar-refractivity contribution in [2.45, 2.75) is 18.4 Å². The first-order chi connectivity index (χ1) is 16.4. The van der Waals surface area contributed by atoms with Crippen molar-refractivity contribution < 1.29 is 29.0 Å². The molecule has 1 atom stereocenters. The molecule has 0 fully saturated rings. The Kier molecular flexibility index (Phi) is 8.92. The number of thioether (sulfide) groups is 1. The fourth-order valence-electron chi connectivity index (χ4n) is 3.81.